The fourth-order valence-electron chi connectivity index (χ4n) is 2.87. The van der Waals surface area contributed by atoms with E-state index < -0.39 is 0 Å². The van der Waals surface area contributed by atoms with Gasteiger partial charge in [-0.05, 0) is 59.1 Å². The molecule has 0 radical (unpaired) electrons. The molecule has 0 atom stereocenters. The second-order valence-electron chi connectivity index (χ2n) is 6.13. The Balaban J connectivity index is 1.46. The SMILES string of the molecule is O=C(CCCOc1ccccc1Br)Nc1cccc(N2CCCC2=O)c1. The van der Waals surface area contributed by atoms with Crippen LogP contribution in [0.25, 0.3) is 0 Å². The predicted molar refractivity (Wildman–Crippen MR) is 106 cm³/mol. The molecule has 0 unspecified atom stereocenters. The highest BCUT2D eigenvalue weighted by Gasteiger charge is 2.21. The van der Waals surface area contributed by atoms with Crippen LogP contribution in [0.15, 0.2) is 53.0 Å². The number of nitrogens with one attached hydrogen (secondary N) is 1. The predicted octanol–water partition coefficient (Wildman–Crippen LogP) is 4.37. The molecule has 2 aromatic carbocycles. The summed E-state index contributed by atoms with van der Waals surface area (Å²) in [6.45, 7) is 1.21. The highest BCUT2D eigenvalue weighted by molar-refractivity contribution is 9.10. The van der Waals surface area contributed by atoms with Gasteiger partial charge in [-0.15, -0.1) is 0 Å². The maximum Gasteiger partial charge on any atom is 0.227 e. The van der Waals surface area contributed by atoms with E-state index in [0.29, 0.717) is 31.6 Å². The third-order valence-corrected chi connectivity index (χ3v) is 4.81. The molecule has 1 saturated heterocycles. The van der Waals surface area contributed by atoms with Crippen LogP contribution >= 0.6 is 15.9 Å². The Morgan fingerprint density at radius 1 is 1.19 bits per heavy atom. The van der Waals surface area contributed by atoms with Crippen LogP contribution in [-0.4, -0.2) is 25.0 Å². The number of nitrogens with zero attached hydrogens (tertiary/aromatic N) is 1. The van der Waals surface area contributed by atoms with E-state index in [-0.39, 0.29) is 11.8 Å². The van der Waals surface area contributed by atoms with Gasteiger partial charge in [-0.3, -0.25) is 9.59 Å². The Kier molecular flexibility index (Phi) is 6.28. The molecule has 2 aromatic rings. The van der Waals surface area contributed by atoms with Crippen LogP contribution in [0.4, 0.5) is 11.4 Å². The number of hydrogen-bond donors (Lipinski definition) is 1. The number of para-hydroxylation sites is 1. The molecule has 1 N–H and O–H groups in total. The van der Waals surface area contributed by atoms with Crippen LogP contribution in [0.1, 0.15) is 25.7 Å². The minimum Gasteiger partial charge on any atom is -0.492 e. The van der Waals surface area contributed by atoms with E-state index in [1.54, 1.807) is 4.90 Å². The third kappa shape index (κ3) is 4.85. The molecule has 0 bridgehead atoms. The summed E-state index contributed by atoms with van der Waals surface area (Å²) in [4.78, 5) is 25.7. The van der Waals surface area contributed by atoms with Gasteiger partial charge in [0, 0.05) is 30.8 Å². The Labute approximate surface area is 161 Å². The molecule has 2 amide bonds. The van der Waals surface area contributed by atoms with Crippen molar-refractivity contribution in [2.75, 3.05) is 23.4 Å². The Bertz CT molecular complexity index is 794. The molecule has 0 saturated carbocycles. The second-order valence-corrected chi connectivity index (χ2v) is 6.98. The van der Waals surface area contributed by atoms with E-state index in [1.807, 2.05) is 48.5 Å². The highest BCUT2D eigenvalue weighted by Crippen LogP contribution is 2.25. The number of carbonyl (C=O) groups excluding carboxylic acids is 2. The van der Waals surface area contributed by atoms with Gasteiger partial charge in [0.25, 0.3) is 0 Å². The molecule has 1 fully saturated rings. The average molecular weight is 417 g/mol. The van der Waals surface area contributed by atoms with E-state index in [0.717, 1.165) is 28.9 Å². The van der Waals surface area contributed by atoms with Crippen molar-refractivity contribution in [1.29, 1.82) is 0 Å². The fourth-order valence-corrected chi connectivity index (χ4v) is 3.27. The normalized spacial score (nSPS) is 13.7. The van der Waals surface area contributed by atoms with Gasteiger partial charge >= 0.3 is 0 Å². The first-order valence-electron chi connectivity index (χ1n) is 8.71. The number of carbonyl (C=O) groups is 2. The van der Waals surface area contributed by atoms with Gasteiger partial charge in [0.1, 0.15) is 5.75 Å². The largest absolute Gasteiger partial charge is 0.492 e. The first-order chi connectivity index (χ1) is 12.6. The van der Waals surface area contributed by atoms with Gasteiger partial charge in [-0.25, -0.2) is 0 Å². The smallest absolute Gasteiger partial charge is 0.227 e. The van der Waals surface area contributed by atoms with Gasteiger partial charge in [-0.1, -0.05) is 18.2 Å². The monoisotopic (exact) mass is 416 g/mol. The molecule has 6 heteroatoms. The quantitative estimate of drug-likeness (QED) is 0.681. The Hall–Kier alpha value is -2.34. The van der Waals surface area contributed by atoms with Crippen molar-refractivity contribution in [2.24, 2.45) is 0 Å². The summed E-state index contributed by atoms with van der Waals surface area (Å²) in [6.07, 6.45) is 2.47. The molecule has 1 aliphatic heterocycles. The third-order valence-electron chi connectivity index (χ3n) is 4.16. The lowest BCUT2D eigenvalue weighted by atomic mass is 10.2. The zero-order valence-corrected chi connectivity index (χ0v) is 16.0. The molecule has 136 valence electrons. The lowest BCUT2D eigenvalue weighted by molar-refractivity contribution is -0.117. The van der Waals surface area contributed by atoms with Crippen molar-refractivity contribution in [2.45, 2.75) is 25.7 Å². The van der Waals surface area contributed by atoms with Crippen LogP contribution in [0.2, 0.25) is 0 Å². The van der Waals surface area contributed by atoms with Crippen LogP contribution < -0.4 is 15.0 Å². The van der Waals surface area contributed by atoms with Crippen molar-refractivity contribution < 1.29 is 14.3 Å². The second kappa shape index (κ2) is 8.85. The lowest BCUT2D eigenvalue weighted by Gasteiger charge is -2.16. The minimum absolute atomic E-state index is 0.0642. The number of benzene rings is 2. The van der Waals surface area contributed by atoms with Gasteiger partial charge in [0.05, 0.1) is 11.1 Å². The molecule has 0 aromatic heterocycles. The maximum atomic E-state index is 12.1. The van der Waals surface area contributed by atoms with Gasteiger partial charge < -0.3 is 15.0 Å². The van der Waals surface area contributed by atoms with E-state index >= 15 is 0 Å². The van der Waals surface area contributed by atoms with Gasteiger partial charge in [-0.2, -0.15) is 0 Å². The van der Waals surface area contributed by atoms with E-state index in [2.05, 4.69) is 21.2 Å². The summed E-state index contributed by atoms with van der Waals surface area (Å²) in [5.74, 6) is 0.846. The molecule has 1 aliphatic rings. The fraction of sp³-hybridized carbons (Fsp3) is 0.300. The zero-order valence-electron chi connectivity index (χ0n) is 14.4. The van der Waals surface area contributed by atoms with Gasteiger partial charge in [0.2, 0.25) is 11.8 Å². The van der Waals surface area contributed by atoms with Crippen molar-refractivity contribution >= 4 is 39.1 Å². The van der Waals surface area contributed by atoms with Crippen LogP contribution in [0.3, 0.4) is 0 Å². The molecule has 1 heterocycles. The van der Waals surface area contributed by atoms with Crippen molar-refractivity contribution in [1.82, 2.24) is 0 Å². The molecule has 0 spiro atoms. The van der Waals surface area contributed by atoms with Crippen LogP contribution in [0, 0.1) is 0 Å². The number of anilines is 2. The minimum atomic E-state index is -0.0642. The standard InChI is InChI=1S/C20H21BrN2O3/c21-17-8-1-2-9-18(17)26-13-5-10-19(24)22-15-6-3-7-16(14-15)23-12-4-11-20(23)25/h1-3,6-9,14H,4-5,10-13H2,(H,22,24). The topological polar surface area (TPSA) is 58.6 Å². The highest BCUT2D eigenvalue weighted by atomic mass is 79.9. The van der Waals surface area contributed by atoms with E-state index in [9.17, 15) is 9.59 Å². The maximum absolute atomic E-state index is 12.1. The van der Waals surface area contributed by atoms with Gasteiger partial charge in [0.15, 0.2) is 0 Å². The number of rotatable bonds is 7. The summed E-state index contributed by atoms with van der Waals surface area (Å²) in [5.41, 5.74) is 1.54. The van der Waals surface area contributed by atoms with Crippen molar-refractivity contribution in [3.63, 3.8) is 0 Å². The molecular formula is C20H21BrN2O3. The lowest BCUT2D eigenvalue weighted by Crippen LogP contribution is -2.23. The average Bonchev–Trinajstić information content (AvgIpc) is 3.06. The van der Waals surface area contributed by atoms with Crippen LogP contribution in [0.5, 0.6) is 5.75 Å². The Morgan fingerprint density at radius 3 is 2.81 bits per heavy atom. The van der Waals surface area contributed by atoms with Crippen molar-refractivity contribution in [3.05, 3.63) is 53.0 Å². The number of ether oxygens (including phenoxy) is 1. The zero-order chi connectivity index (χ0) is 18.4. The summed E-state index contributed by atoms with van der Waals surface area (Å²) in [6, 6.07) is 15.1. The van der Waals surface area contributed by atoms with Crippen LogP contribution in [-0.2, 0) is 9.59 Å². The first-order valence-corrected chi connectivity index (χ1v) is 9.50. The van der Waals surface area contributed by atoms with Crippen molar-refractivity contribution in [3.8, 4) is 5.75 Å². The van der Waals surface area contributed by atoms with E-state index in [4.69, 9.17) is 4.74 Å². The molecule has 5 nitrogen and oxygen atoms in total. The molecule has 0 aliphatic carbocycles. The Morgan fingerprint density at radius 2 is 2.04 bits per heavy atom. The number of hydrogen-bond acceptors (Lipinski definition) is 3. The first kappa shape index (κ1) is 18.5. The molecule has 3 rings (SSSR count). The number of amides is 2. The van der Waals surface area contributed by atoms with E-state index in [1.165, 1.54) is 0 Å². The summed E-state index contributed by atoms with van der Waals surface area (Å²) >= 11 is 3.43. The summed E-state index contributed by atoms with van der Waals surface area (Å²) < 4.78 is 6.57. The summed E-state index contributed by atoms with van der Waals surface area (Å²) in [5, 5.41) is 2.89. The summed E-state index contributed by atoms with van der Waals surface area (Å²) in [7, 11) is 0. The molecule has 26 heavy (non-hydrogen) atoms. The number of halogens is 1. The molecular weight excluding hydrogens is 396 g/mol.